The predicted octanol–water partition coefficient (Wildman–Crippen LogP) is 3.01. The minimum absolute atomic E-state index is 0.0142. The standard InChI is InChI=1S/C20H24N2O6S/c1-20(2,3)28-19(25)21-17(18(23)24)13-14-9-11-15(12-10-14)22-29(26,27)16-7-5-4-6-8-16/h4-12,17,22H,13H2,1-3H3,(H,21,25)(H,23,24). The molecule has 0 heterocycles. The molecule has 0 aromatic heterocycles. The number of amides is 1. The van der Waals surface area contributed by atoms with Crippen LogP contribution in [0.3, 0.4) is 0 Å². The third kappa shape index (κ3) is 7.11. The molecule has 0 aliphatic heterocycles. The van der Waals surface area contributed by atoms with E-state index in [9.17, 15) is 23.1 Å². The second-order valence-corrected chi connectivity index (χ2v) is 9.04. The van der Waals surface area contributed by atoms with Gasteiger partial charge in [-0.15, -0.1) is 0 Å². The third-order valence-electron chi connectivity index (χ3n) is 3.69. The van der Waals surface area contributed by atoms with Crippen LogP contribution in [-0.4, -0.2) is 37.2 Å². The number of carbonyl (C=O) groups is 2. The highest BCUT2D eigenvalue weighted by Gasteiger charge is 2.24. The summed E-state index contributed by atoms with van der Waals surface area (Å²) in [4.78, 5) is 23.4. The molecule has 1 unspecified atom stereocenters. The Bertz CT molecular complexity index is 951. The average Bonchev–Trinajstić information content (AvgIpc) is 2.61. The van der Waals surface area contributed by atoms with Gasteiger partial charge in [-0.3, -0.25) is 4.72 Å². The molecule has 0 saturated carbocycles. The first-order chi connectivity index (χ1) is 13.5. The second-order valence-electron chi connectivity index (χ2n) is 7.36. The highest BCUT2D eigenvalue weighted by atomic mass is 32.2. The topological polar surface area (TPSA) is 122 Å². The van der Waals surface area contributed by atoms with E-state index >= 15 is 0 Å². The molecule has 2 aromatic carbocycles. The van der Waals surface area contributed by atoms with Crippen LogP contribution in [-0.2, 0) is 26.0 Å². The fourth-order valence-electron chi connectivity index (χ4n) is 2.41. The van der Waals surface area contributed by atoms with Gasteiger partial charge in [-0.1, -0.05) is 30.3 Å². The van der Waals surface area contributed by atoms with E-state index in [2.05, 4.69) is 10.0 Å². The molecule has 0 aliphatic rings. The van der Waals surface area contributed by atoms with Gasteiger partial charge in [0, 0.05) is 12.1 Å². The highest BCUT2D eigenvalue weighted by molar-refractivity contribution is 7.92. The molecule has 9 heteroatoms. The lowest BCUT2D eigenvalue weighted by molar-refractivity contribution is -0.139. The van der Waals surface area contributed by atoms with Gasteiger partial charge >= 0.3 is 12.1 Å². The monoisotopic (exact) mass is 420 g/mol. The Kier molecular flexibility index (Phi) is 6.86. The lowest BCUT2D eigenvalue weighted by atomic mass is 10.1. The average molecular weight is 420 g/mol. The van der Waals surface area contributed by atoms with Gasteiger partial charge in [0.25, 0.3) is 10.0 Å². The molecule has 1 amide bonds. The van der Waals surface area contributed by atoms with Gasteiger partial charge < -0.3 is 15.2 Å². The summed E-state index contributed by atoms with van der Waals surface area (Å²) in [5, 5.41) is 11.7. The molecule has 2 aromatic rings. The van der Waals surface area contributed by atoms with Gasteiger partial charge in [0.15, 0.2) is 0 Å². The zero-order valence-electron chi connectivity index (χ0n) is 16.4. The zero-order chi connectivity index (χ0) is 21.7. The number of hydrogen-bond acceptors (Lipinski definition) is 5. The van der Waals surface area contributed by atoms with Crippen molar-refractivity contribution in [3.63, 3.8) is 0 Å². The summed E-state index contributed by atoms with van der Waals surface area (Å²) in [6.07, 6.45) is -0.808. The van der Waals surface area contributed by atoms with Gasteiger partial charge in [0.05, 0.1) is 4.90 Å². The maximum Gasteiger partial charge on any atom is 0.408 e. The van der Waals surface area contributed by atoms with E-state index in [1.165, 1.54) is 24.3 Å². The first-order valence-electron chi connectivity index (χ1n) is 8.85. The normalized spacial score (nSPS) is 12.7. The quantitative estimate of drug-likeness (QED) is 0.633. The number of benzene rings is 2. The number of anilines is 1. The van der Waals surface area contributed by atoms with E-state index in [0.29, 0.717) is 11.3 Å². The highest BCUT2D eigenvalue weighted by Crippen LogP contribution is 2.17. The van der Waals surface area contributed by atoms with Crippen molar-refractivity contribution in [3.05, 3.63) is 60.2 Å². The molecule has 3 N–H and O–H groups in total. The van der Waals surface area contributed by atoms with Crippen LogP contribution in [0.1, 0.15) is 26.3 Å². The fraction of sp³-hybridized carbons (Fsp3) is 0.300. The molecule has 156 valence electrons. The van der Waals surface area contributed by atoms with Crippen molar-refractivity contribution in [2.24, 2.45) is 0 Å². The number of alkyl carbamates (subject to hydrolysis) is 1. The maximum absolute atomic E-state index is 12.3. The van der Waals surface area contributed by atoms with Crippen LogP contribution in [0.2, 0.25) is 0 Å². The molecule has 29 heavy (non-hydrogen) atoms. The van der Waals surface area contributed by atoms with Crippen LogP contribution in [0.15, 0.2) is 59.5 Å². The van der Waals surface area contributed by atoms with Crippen molar-refractivity contribution in [2.45, 2.75) is 43.7 Å². The largest absolute Gasteiger partial charge is 0.480 e. The van der Waals surface area contributed by atoms with Crippen molar-refractivity contribution >= 4 is 27.8 Å². The molecule has 0 radical (unpaired) electrons. The Hall–Kier alpha value is -3.07. The summed E-state index contributed by atoms with van der Waals surface area (Å²) in [5.74, 6) is -1.20. The van der Waals surface area contributed by atoms with Gasteiger partial charge in [0.2, 0.25) is 0 Å². The van der Waals surface area contributed by atoms with Crippen LogP contribution < -0.4 is 10.0 Å². The van der Waals surface area contributed by atoms with Crippen LogP contribution in [0.4, 0.5) is 10.5 Å². The van der Waals surface area contributed by atoms with Crippen molar-refractivity contribution in [2.75, 3.05) is 4.72 Å². The van der Waals surface area contributed by atoms with Gasteiger partial charge in [-0.05, 0) is 50.6 Å². The molecule has 2 rings (SSSR count). The van der Waals surface area contributed by atoms with Crippen LogP contribution in [0.25, 0.3) is 0 Å². The van der Waals surface area contributed by atoms with E-state index in [1.54, 1.807) is 51.1 Å². The summed E-state index contributed by atoms with van der Waals surface area (Å²) in [6, 6.07) is 13.0. The SMILES string of the molecule is CC(C)(C)OC(=O)NC(Cc1ccc(NS(=O)(=O)c2ccccc2)cc1)C(=O)O. The Morgan fingerprint density at radius 3 is 2.14 bits per heavy atom. The van der Waals surface area contributed by atoms with E-state index in [1.807, 2.05) is 0 Å². The molecular weight excluding hydrogens is 396 g/mol. The van der Waals surface area contributed by atoms with E-state index in [4.69, 9.17) is 4.74 Å². The molecule has 1 atom stereocenters. The number of nitrogens with one attached hydrogen (secondary N) is 2. The minimum Gasteiger partial charge on any atom is -0.480 e. The summed E-state index contributed by atoms with van der Waals surface area (Å²) >= 11 is 0. The van der Waals surface area contributed by atoms with Gasteiger partial charge in [0.1, 0.15) is 11.6 Å². The number of aliphatic carboxylic acids is 1. The zero-order valence-corrected chi connectivity index (χ0v) is 17.2. The fourth-order valence-corrected chi connectivity index (χ4v) is 3.49. The van der Waals surface area contributed by atoms with Gasteiger partial charge in [-0.2, -0.15) is 0 Å². The van der Waals surface area contributed by atoms with Gasteiger partial charge in [-0.25, -0.2) is 18.0 Å². The summed E-state index contributed by atoms with van der Waals surface area (Å²) in [6.45, 7) is 5.03. The molecule has 0 bridgehead atoms. The Labute approximate surface area is 169 Å². The number of carboxylic acid groups (broad SMARTS) is 1. The second kappa shape index (κ2) is 8.95. The maximum atomic E-state index is 12.3. The van der Waals surface area contributed by atoms with E-state index in [0.717, 1.165) is 0 Å². The number of ether oxygens (including phenoxy) is 1. The predicted molar refractivity (Wildman–Crippen MR) is 108 cm³/mol. The molecule has 0 spiro atoms. The summed E-state index contributed by atoms with van der Waals surface area (Å²) in [7, 11) is -3.71. The Balaban J connectivity index is 2.05. The molecular formula is C20H24N2O6S. The van der Waals surface area contributed by atoms with Crippen molar-refractivity contribution in [1.82, 2.24) is 5.32 Å². The van der Waals surface area contributed by atoms with Crippen LogP contribution >= 0.6 is 0 Å². The third-order valence-corrected chi connectivity index (χ3v) is 5.09. The summed E-state index contributed by atoms with van der Waals surface area (Å²) in [5.41, 5.74) is 0.200. The minimum atomic E-state index is -3.71. The number of sulfonamides is 1. The number of carboxylic acids is 1. The number of carbonyl (C=O) groups excluding carboxylic acids is 1. The van der Waals surface area contributed by atoms with Crippen molar-refractivity contribution in [1.29, 1.82) is 0 Å². The first-order valence-corrected chi connectivity index (χ1v) is 10.3. The number of hydrogen-bond donors (Lipinski definition) is 3. The van der Waals surface area contributed by atoms with Crippen molar-refractivity contribution in [3.8, 4) is 0 Å². The molecule has 0 saturated heterocycles. The molecule has 8 nitrogen and oxygen atoms in total. The van der Waals surface area contributed by atoms with E-state index < -0.39 is 33.7 Å². The van der Waals surface area contributed by atoms with E-state index in [-0.39, 0.29) is 11.3 Å². The lowest BCUT2D eigenvalue weighted by Crippen LogP contribution is -2.44. The smallest absolute Gasteiger partial charge is 0.408 e. The van der Waals surface area contributed by atoms with Crippen LogP contribution in [0.5, 0.6) is 0 Å². The number of rotatable bonds is 7. The van der Waals surface area contributed by atoms with Crippen LogP contribution in [0, 0.1) is 0 Å². The molecule has 0 fully saturated rings. The van der Waals surface area contributed by atoms with Crippen molar-refractivity contribution < 1.29 is 27.9 Å². The molecule has 0 aliphatic carbocycles. The lowest BCUT2D eigenvalue weighted by Gasteiger charge is -2.22. The first kappa shape index (κ1) is 22.2. The Morgan fingerprint density at radius 1 is 1.03 bits per heavy atom. The summed E-state index contributed by atoms with van der Waals surface area (Å²) < 4.78 is 32.2. The Morgan fingerprint density at radius 2 is 1.62 bits per heavy atom.